The number of ketones is 1. The van der Waals surface area contributed by atoms with Crippen LogP contribution >= 0.6 is 0 Å². The predicted octanol–water partition coefficient (Wildman–Crippen LogP) is 3.56. The molecule has 0 aromatic carbocycles. The van der Waals surface area contributed by atoms with E-state index in [1.807, 2.05) is 0 Å². The smallest absolute Gasteiger partial charge is 0.303 e. The number of hydrogen-bond acceptors (Lipinski definition) is 2. The van der Waals surface area contributed by atoms with Crippen LogP contribution in [0.25, 0.3) is 0 Å². The predicted molar refractivity (Wildman–Crippen MR) is 66.9 cm³/mol. The van der Waals surface area contributed by atoms with E-state index < -0.39 is 5.97 Å². The van der Waals surface area contributed by atoms with E-state index in [0.29, 0.717) is 18.1 Å². The summed E-state index contributed by atoms with van der Waals surface area (Å²) in [5, 5.41) is 8.47. The summed E-state index contributed by atoms with van der Waals surface area (Å²) in [5.41, 5.74) is 0. The number of aliphatic carboxylic acids is 1. The average Bonchev–Trinajstić information content (AvgIpc) is 2.34. The molecule has 3 heteroatoms. The zero-order valence-electron chi connectivity index (χ0n) is 10.6. The molecule has 1 rings (SSSR count). The molecule has 0 aromatic heterocycles. The number of rotatable bonds is 8. The molecule has 0 heterocycles. The molecule has 0 spiro atoms. The highest BCUT2D eigenvalue weighted by Crippen LogP contribution is 2.25. The van der Waals surface area contributed by atoms with Gasteiger partial charge >= 0.3 is 5.97 Å². The normalized spacial score (nSPS) is 16.9. The Labute approximate surface area is 104 Å². The Kier molecular flexibility index (Phi) is 6.90. The Balaban J connectivity index is 1.98. The van der Waals surface area contributed by atoms with Crippen LogP contribution in [-0.2, 0) is 9.59 Å². The highest BCUT2D eigenvalue weighted by Gasteiger charge is 2.19. The first kappa shape index (κ1) is 14.2. The molecule has 0 unspecified atom stereocenters. The van der Waals surface area contributed by atoms with Gasteiger partial charge in [0.25, 0.3) is 0 Å². The van der Waals surface area contributed by atoms with Crippen LogP contribution in [0.3, 0.4) is 0 Å². The Morgan fingerprint density at radius 2 is 1.47 bits per heavy atom. The van der Waals surface area contributed by atoms with Gasteiger partial charge in [-0.1, -0.05) is 32.1 Å². The molecular formula is C14H24O3. The summed E-state index contributed by atoms with van der Waals surface area (Å²) in [6, 6.07) is 0. The Morgan fingerprint density at radius 3 is 2.06 bits per heavy atom. The average molecular weight is 240 g/mol. The zero-order chi connectivity index (χ0) is 12.5. The molecule has 0 atom stereocenters. The molecule has 3 nitrogen and oxygen atoms in total. The van der Waals surface area contributed by atoms with Crippen molar-refractivity contribution in [2.24, 2.45) is 5.92 Å². The van der Waals surface area contributed by atoms with E-state index >= 15 is 0 Å². The fourth-order valence-corrected chi connectivity index (χ4v) is 2.56. The monoisotopic (exact) mass is 240 g/mol. The lowest BCUT2D eigenvalue weighted by molar-refractivity contribution is -0.137. The largest absolute Gasteiger partial charge is 0.481 e. The molecule has 1 saturated carbocycles. The van der Waals surface area contributed by atoms with Gasteiger partial charge in [-0.05, 0) is 25.7 Å². The lowest BCUT2D eigenvalue weighted by Gasteiger charge is -2.20. The quantitative estimate of drug-likeness (QED) is 0.660. The molecule has 0 bridgehead atoms. The summed E-state index contributed by atoms with van der Waals surface area (Å²) >= 11 is 0. The number of carboxylic acid groups (broad SMARTS) is 1. The summed E-state index contributed by atoms with van der Waals surface area (Å²) < 4.78 is 0. The summed E-state index contributed by atoms with van der Waals surface area (Å²) in [7, 11) is 0. The second kappa shape index (κ2) is 8.26. The number of Topliss-reactive ketones (excluding diaryl/α,β-unsaturated/α-hetero) is 1. The van der Waals surface area contributed by atoms with E-state index in [2.05, 4.69) is 0 Å². The Hall–Kier alpha value is -0.860. The molecule has 0 aromatic rings. The van der Waals surface area contributed by atoms with Gasteiger partial charge in [0, 0.05) is 18.8 Å². The molecule has 1 fully saturated rings. The van der Waals surface area contributed by atoms with Crippen molar-refractivity contribution in [3.05, 3.63) is 0 Å². The first-order valence-corrected chi connectivity index (χ1v) is 6.94. The van der Waals surface area contributed by atoms with Crippen LogP contribution in [0.5, 0.6) is 0 Å². The highest BCUT2D eigenvalue weighted by molar-refractivity contribution is 5.80. The van der Waals surface area contributed by atoms with Crippen LogP contribution in [-0.4, -0.2) is 16.9 Å². The zero-order valence-corrected chi connectivity index (χ0v) is 10.6. The van der Waals surface area contributed by atoms with Gasteiger partial charge in [-0.15, -0.1) is 0 Å². The third-order valence-electron chi connectivity index (χ3n) is 3.62. The second-order valence-corrected chi connectivity index (χ2v) is 5.11. The van der Waals surface area contributed by atoms with E-state index in [4.69, 9.17) is 5.11 Å². The maximum atomic E-state index is 11.8. The fourth-order valence-electron chi connectivity index (χ4n) is 2.56. The van der Waals surface area contributed by atoms with E-state index in [1.54, 1.807) is 0 Å². The fraction of sp³-hybridized carbons (Fsp3) is 0.857. The van der Waals surface area contributed by atoms with Crippen molar-refractivity contribution in [3.8, 4) is 0 Å². The van der Waals surface area contributed by atoms with Gasteiger partial charge in [-0.2, -0.15) is 0 Å². The van der Waals surface area contributed by atoms with E-state index in [0.717, 1.165) is 38.5 Å². The first-order chi connectivity index (χ1) is 8.20. The molecule has 0 radical (unpaired) electrons. The molecule has 0 amide bonds. The van der Waals surface area contributed by atoms with Gasteiger partial charge in [0.2, 0.25) is 0 Å². The number of carbonyl (C=O) groups excluding carboxylic acids is 1. The summed E-state index contributed by atoms with van der Waals surface area (Å²) in [6.07, 6.45) is 10.5. The van der Waals surface area contributed by atoms with Crippen LogP contribution < -0.4 is 0 Å². The first-order valence-electron chi connectivity index (χ1n) is 6.94. The molecule has 0 saturated heterocycles. The van der Waals surface area contributed by atoms with Crippen LogP contribution in [0, 0.1) is 5.92 Å². The van der Waals surface area contributed by atoms with E-state index in [9.17, 15) is 9.59 Å². The number of carboxylic acids is 1. The SMILES string of the molecule is O=C(O)CCCCCCC(=O)C1CCCCC1. The maximum absolute atomic E-state index is 11.8. The molecule has 1 aliphatic carbocycles. The van der Waals surface area contributed by atoms with Crippen molar-refractivity contribution in [3.63, 3.8) is 0 Å². The Bertz CT molecular complexity index is 242. The molecule has 98 valence electrons. The second-order valence-electron chi connectivity index (χ2n) is 5.11. The topological polar surface area (TPSA) is 54.4 Å². The molecule has 0 aliphatic heterocycles. The van der Waals surface area contributed by atoms with Crippen LogP contribution in [0.4, 0.5) is 0 Å². The number of carbonyl (C=O) groups is 2. The highest BCUT2D eigenvalue weighted by atomic mass is 16.4. The van der Waals surface area contributed by atoms with Crippen molar-refractivity contribution >= 4 is 11.8 Å². The molecule has 1 aliphatic rings. The lowest BCUT2D eigenvalue weighted by atomic mass is 9.84. The number of hydrogen-bond donors (Lipinski definition) is 1. The van der Waals surface area contributed by atoms with Gasteiger partial charge in [-0.3, -0.25) is 9.59 Å². The van der Waals surface area contributed by atoms with Gasteiger partial charge in [0.1, 0.15) is 5.78 Å². The third kappa shape index (κ3) is 6.44. The van der Waals surface area contributed by atoms with Crippen molar-refractivity contribution in [1.82, 2.24) is 0 Å². The van der Waals surface area contributed by atoms with Gasteiger partial charge in [0.05, 0.1) is 0 Å². The minimum atomic E-state index is -0.719. The van der Waals surface area contributed by atoms with Crippen molar-refractivity contribution < 1.29 is 14.7 Å². The van der Waals surface area contributed by atoms with E-state index in [1.165, 1.54) is 19.3 Å². The van der Waals surface area contributed by atoms with Crippen LogP contribution in [0.2, 0.25) is 0 Å². The molecule has 1 N–H and O–H groups in total. The minimum absolute atomic E-state index is 0.260. The lowest BCUT2D eigenvalue weighted by Crippen LogP contribution is -2.17. The van der Waals surface area contributed by atoms with Crippen LogP contribution in [0.15, 0.2) is 0 Å². The van der Waals surface area contributed by atoms with Crippen LogP contribution in [0.1, 0.15) is 70.6 Å². The van der Waals surface area contributed by atoms with Gasteiger partial charge < -0.3 is 5.11 Å². The maximum Gasteiger partial charge on any atom is 0.303 e. The van der Waals surface area contributed by atoms with Crippen molar-refractivity contribution in [2.45, 2.75) is 70.6 Å². The summed E-state index contributed by atoms with van der Waals surface area (Å²) in [6.45, 7) is 0. The van der Waals surface area contributed by atoms with E-state index in [-0.39, 0.29) is 6.42 Å². The van der Waals surface area contributed by atoms with Crippen molar-refractivity contribution in [1.29, 1.82) is 0 Å². The third-order valence-corrected chi connectivity index (χ3v) is 3.62. The minimum Gasteiger partial charge on any atom is -0.481 e. The number of unbranched alkanes of at least 4 members (excludes halogenated alkanes) is 3. The van der Waals surface area contributed by atoms with Gasteiger partial charge in [-0.25, -0.2) is 0 Å². The summed E-state index contributed by atoms with van der Waals surface area (Å²) in [4.78, 5) is 22.1. The molecular weight excluding hydrogens is 216 g/mol. The van der Waals surface area contributed by atoms with Crippen molar-refractivity contribution in [2.75, 3.05) is 0 Å². The van der Waals surface area contributed by atoms with Gasteiger partial charge in [0.15, 0.2) is 0 Å². The summed E-state index contributed by atoms with van der Waals surface area (Å²) in [5.74, 6) is 0.0639. The standard InChI is InChI=1S/C14H24O3/c15-13(12-8-4-3-5-9-12)10-6-1-2-7-11-14(16)17/h12H,1-11H2,(H,16,17). The molecule has 17 heavy (non-hydrogen) atoms. The Morgan fingerprint density at radius 1 is 0.882 bits per heavy atom.